The van der Waals surface area contributed by atoms with Crippen molar-refractivity contribution < 1.29 is 5.11 Å². The van der Waals surface area contributed by atoms with Gasteiger partial charge < -0.3 is 9.67 Å². The number of pyridine rings is 1. The Kier molecular flexibility index (Phi) is 5.28. The van der Waals surface area contributed by atoms with E-state index in [9.17, 15) is 5.11 Å². The molecule has 2 aliphatic carbocycles. The monoisotopic (exact) mass is 547 g/mol. The molecule has 208 valence electrons. The molecule has 0 aliphatic heterocycles. The minimum absolute atomic E-state index is 0.452. The van der Waals surface area contributed by atoms with Gasteiger partial charge in [0.2, 0.25) is 0 Å². The molecule has 6 aromatic rings. The number of rotatable bonds is 7. The van der Waals surface area contributed by atoms with Gasteiger partial charge in [-0.1, -0.05) is 19.1 Å². The second-order valence-corrected chi connectivity index (χ2v) is 11.7. The molecular formula is C31H33N9O. The molecule has 1 atom stereocenters. The van der Waals surface area contributed by atoms with Crippen LogP contribution in [0.15, 0.2) is 42.7 Å². The third-order valence-corrected chi connectivity index (χ3v) is 8.62. The number of hydrogen-bond acceptors (Lipinski definition) is 6. The highest BCUT2D eigenvalue weighted by Gasteiger charge is 2.34. The van der Waals surface area contributed by atoms with Crippen molar-refractivity contribution in [2.24, 2.45) is 21.1 Å². The number of benzene rings is 1. The molecule has 1 unspecified atom stereocenters. The number of aryl methyl sites for hydroxylation is 2. The Labute approximate surface area is 237 Å². The van der Waals surface area contributed by atoms with Gasteiger partial charge in [-0.3, -0.25) is 9.36 Å². The normalized spacial score (nSPS) is 16.3. The number of aliphatic hydroxyl groups is 1. The lowest BCUT2D eigenvalue weighted by Crippen LogP contribution is -2.06. The zero-order valence-corrected chi connectivity index (χ0v) is 23.8. The fourth-order valence-electron chi connectivity index (χ4n) is 6.19. The second-order valence-electron chi connectivity index (χ2n) is 11.7. The van der Waals surface area contributed by atoms with Gasteiger partial charge in [-0.25, -0.2) is 14.6 Å². The molecule has 2 fully saturated rings. The van der Waals surface area contributed by atoms with Crippen LogP contribution in [0.5, 0.6) is 0 Å². The van der Waals surface area contributed by atoms with Crippen molar-refractivity contribution in [3.8, 4) is 28.5 Å². The average Bonchev–Trinajstić information content (AvgIpc) is 3.83. The highest BCUT2D eigenvalue weighted by molar-refractivity contribution is 5.95. The maximum absolute atomic E-state index is 11.0. The Balaban J connectivity index is 1.31. The van der Waals surface area contributed by atoms with E-state index in [0.29, 0.717) is 29.6 Å². The first-order valence-corrected chi connectivity index (χ1v) is 14.5. The zero-order chi connectivity index (χ0) is 28.0. The van der Waals surface area contributed by atoms with Crippen LogP contribution < -0.4 is 0 Å². The van der Waals surface area contributed by atoms with E-state index in [1.165, 1.54) is 24.2 Å². The molecular weight excluding hydrogens is 514 g/mol. The molecule has 0 radical (unpaired) electrons. The van der Waals surface area contributed by atoms with Crippen LogP contribution in [0.3, 0.4) is 0 Å². The minimum Gasteiger partial charge on any atom is -0.387 e. The van der Waals surface area contributed by atoms with Gasteiger partial charge in [-0.2, -0.15) is 15.3 Å². The third-order valence-electron chi connectivity index (χ3n) is 8.62. The fourth-order valence-corrected chi connectivity index (χ4v) is 6.19. The maximum atomic E-state index is 11.0. The zero-order valence-electron chi connectivity index (χ0n) is 23.8. The Morgan fingerprint density at radius 3 is 2.49 bits per heavy atom. The molecule has 10 nitrogen and oxygen atoms in total. The first kappa shape index (κ1) is 24.5. The molecule has 0 spiro atoms. The van der Waals surface area contributed by atoms with E-state index < -0.39 is 6.10 Å². The predicted molar refractivity (Wildman–Crippen MR) is 157 cm³/mol. The Bertz CT molecular complexity index is 1960. The standard InChI is InChI=1S/C31H33N9O/c1-5-25(41)27-21(13-19-15-37(2)36-30(19)32-27)31-33-28(29(38(31)3)18-11-12-18)20-7-6-8-23-22(20)16-40(34-23)26-14-24(17-9-10-17)39(4)35-26/h6-8,13-18,25,41H,5,9-12H2,1-4H3. The van der Waals surface area contributed by atoms with Gasteiger partial charge in [-0.15, -0.1) is 0 Å². The summed E-state index contributed by atoms with van der Waals surface area (Å²) < 4.78 is 7.86. The Morgan fingerprint density at radius 1 is 0.927 bits per heavy atom. The number of imidazole rings is 1. The second kappa shape index (κ2) is 8.84. The summed E-state index contributed by atoms with van der Waals surface area (Å²) in [7, 11) is 6.00. The van der Waals surface area contributed by atoms with E-state index in [1.807, 2.05) is 36.6 Å². The van der Waals surface area contributed by atoms with Crippen LogP contribution in [-0.2, 0) is 21.1 Å². The van der Waals surface area contributed by atoms with Gasteiger partial charge in [0.05, 0.1) is 23.0 Å². The van der Waals surface area contributed by atoms with Crippen molar-refractivity contribution in [1.29, 1.82) is 0 Å². The molecule has 0 bridgehead atoms. The molecule has 0 amide bonds. The molecule has 8 rings (SSSR count). The van der Waals surface area contributed by atoms with Gasteiger partial charge in [-0.05, 0) is 44.2 Å². The molecule has 5 heterocycles. The summed E-state index contributed by atoms with van der Waals surface area (Å²) in [5.74, 6) is 2.72. The van der Waals surface area contributed by atoms with Gasteiger partial charge in [0, 0.05) is 84.7 Å². The first-order valence-electron chi connectivity index (χ1n) is 14.5. The van der Waals surface area contributed by atoms with Gasteiger partial charge in [0.1, 0.15) is 5.82 Å². The summed E-state index contributed by atoms with van der Waals surface area (Å²) in [6.07, 6.45) is 8.64. The summed E-state index contributed by atoms with van der Waals surface area (Å²) in [4.78, 5) is 10.1. The quantitative estimate of drug-likeness (QED) is 0.291. The molecule has 1 N–H and O–H groups in total. The first-order chi connectivity index (χ1) is 19.9. The summed E-state index contributed by atoms with van der Waals surface area (Å²) in [5, 5.41) is 27.2. The van der Waals surface area contributed by atoms with E-state index in [4.69, 9.17) is 20.2 Å². The van der Waals surface area contributed by atoms with Crippen LogP contribution >= 0.6 is 0 Å². The van der Waals surface area contributed by atoms with E-state index in [1.54, 1.807) is 4.68 Å². The molecule has 10 heteroatoms. The van der Waals surface area contributed by atoms with Crippen LogP contribution in [0, 0.1) is 0 Å². The van der Waals surface area contributed by atoms with Crippen molar-refractivity contribution >= 4 is 21.9 Å². The Hall–Kier alpha value is -4.31. The Morgan fingerprint density at radius 2 is 1.73 bits per heavy atom. The van der Waals surface area contributed by atoms with Crippen molar-refractivity contribution in [2.75, 3.05) is 0 Å². The van der Waals surface area contributed by atoms with Crippen molar-refractivity contribution in [3.05, 3.63) is 59.8 Å². The van der Waals surface area contributed by atoms with Gasteiger partial charge >= 0.3 is 0 Å². The maximum Gasteiger partial charge on any atom is 0.181 e. The van der Waals surface area contributed by atoms with Crippen LogP contribution in [-0.4, -0.2) is 49.0 Å². The number of aliphatic hydroxyl groups excluding tert-OH is 1. The van der Waals surface area contributed by atoms with Crippen molar-refractivity contribution in [2.45, 2.75) is 57.0 Å². The van der Waals surface area contributed by atoms with Crippen LogP contribution in [0.4, 0.5) is 0 Å². The number of aromatic nitrogens is 9. The number of fused-ring (bicyclic) bond motifs is 2. The molecule has 0 saturated heterocycles. The van der Waals surface area contributed by atoms with Gasteiger partial charge in [0.25, 0.3) is 0 Å². The minimum atomic E-state index is -0.707. The molecule has 2 saturated carbocycles. The topological polar surface area (TPSA) is 104 Å². The summed E-state index contributed by atoms with van der Waals surface area (Å²) >= 11 is 0. The summed E-state index contributed by atoms with van der Waals surface area (Å²) in [5.41, 5.74) is 7.53. The largest absolute Gasteiger partial charge is 0.387 e. The molecule has 1 aromatic carbocycles. The van der Waals surface area contributed by atoms with Crippen molar-refractivity contribution in [3.63, 3.8) is 0 Å². The number of hydrogen-bond donors (Lipinski definition) is 1. The van der Waals surface area contributed by atoms with E-state index in [-0.39, 0.29) is 0 Å². The van der Waals surface area contributed by atoms with E-state index in [2.05, 4.69) is 53.2 Å². The lowest BCUT2D eigenvalue weighted by Gasteiger charge is -2.13. The van der Waals surface area contributed by atoms with Crippen LogP contribution in [0.2, 0.25) is 0 Å². The lowest BCUT2D eigenvalue weighted by atomic mass is 10.0. The van der Waals surface area contributed by atoms with E-state index in [0.717, 1.165) is 57.6 Å². The smallest absolute Gasteiger partial charge is 0.181 e. The molecule has 2 aliphatic rings. The fraction of sp³-hybridized carbons (Fsp3) is 0.387. The highest BCUT2D eigenvalue weighted by atomic mass is 16.3. The summed E-state index contributed by atoms with van der Waals surface area (Å²) in [6, 6.07) is 10.5. The van der Waals surface area contributed by atoms with E-state index >= 15 is 0 Å². The molecule has 41 heavy (non-hydrogen) atoms. The summed E-state index contributed by atoms with van der Waals surface area (Å²) in [6.45, 7) is 1.96. The van der Waals surface area contributed by atoms with Crippen LogP contribution in [0.25, 0.3) is 50.4 Å². The van der Waals surface area contributed by atoms with Crippen molar-refractivity contribution in [1.82, 2.24) is 43.9 Å². The molecule has 5 aromatic heterocycles. The number of nitrogens with zero attached hydrogens (tertiary/aromatic N) is 9. The lowest BCUT2D eigenvalue weighted by molar-refractivity contribution is 0.170. The third kappa shape index (κ3) is 3.92. The highest BCUT2D eigenvalue weighted by Crippen LogP contribution is 2.47. The van der Waals surface area contributed by atoms with Gasteiger partial charge in [0.15, 0.2) is 11.5 Å². The average molecular weight is 548 g/mol. The van der Waals surface area contributed by atoms with Crippen LogP contribution in [0.1, 0.15) is 74.0 Å². The predicted octanol–water partition coefficient (Wildman–Crippen LogP) is 5.31. The SMILES string of the molecule is CCC(O)c1nc2nn(C)cc2cc1-c1nc(-c2cccc3nn(-c4cc(C5CC5)n(C)n4)cc23)c(C2CC2)n1C.